The van der Waals surface area contributed by atoms with Gasteiger partial charge in [-0.05, 0) is 40.7 Å². The van der Waals surface area contributed by atoms with Crippen molar-refractivity contribution in [2.75, 3.05) is 18.4 Å². The average molecular weight is 299 g/mol. The molecule has 0 aromatic carbocycles. The first kappa shape index (κ1) is 15.1. The Balaban J connectivity index is 1.94. The van der Waals surface area contributed by atoms with Gasteiger partial charge >= 0.3 is 6.09 Å². The van der Waals surface area contributed by atoms with Crippen LogP contribution in [-0.4, -0.2) is 35.9 Å². The molecule has 2 N–H and O–H groups in total. The monoisotopic (exact) mass is 299 g/mol. The Morgan fingerprint density at radius 3 is 2.85 bits per heavy atom. The molecular formula is C13H21N3O3S. The minimum absolute atomic E-state index is 0.184. The van der Waals surface area contributed by atoms with Gasteiger partial charge in [0.2, 0.25) is 0 Å². The molecule has 1 aliphatic heterocycles. The van der Waals surface area contributed by atoms with E-state index in [0.29, 0.717) is 5.13 Å². The van der Waals surface area contributed by atoms with Crippen molar-refractivity contribution in [3.05, 3.63) is 5.69 Å². The fourth-order valence-electron chi connectivity index (χ4n) is 1.82. The largest absolute Gasteiger partial charge is 0.478 e. The molecule has 20 heavy (non-hydrogen) atoms. The van der Waals surface area contributed by atoms with Crippen molar-refractivity contribution < 1.29 is 14.3 Å². The topological polar surface area (TPSA) is 72.5 Å². The lowest BCUT2D eigenvalue weighted by Crippen LogP contribution is -2.27. The van der Waals surface area contributed by atoms with Crippen LogP contribution >= 0.6 is 11.3 Å². The maximum Gasteiger partial charge on any atom is 0.413 e. The number of nitrogens with one attached hydrogen (secondary N) is 2. The van der Waals surface area contributed by atoms with Gasteiger partial charge in [-0.2, -0.15) is 0 Å². The van der Waals surface area contributed by atoms with Gasteiger partial charge in [0.05, 0.1) is 5.69 Å². The standard InChI is InChI=1S/C13H21N3O3S/c1-8-10(18-9-5-6-14-7-9)20-11(15-8)16-12(17)19-13(2,3)4/h9,14H,5-7H2,1-4H3,(H,15,16,17). The number of hydrogen-bond acceptors (Lipinski definition) is 6. The van der Waals surface area contributed by atoms with Crippen molar-refractivity contribution in [2.24, 2.45) is 0 Å². The van der Waals surface area contributed by atoms with Gasteiger partial charge in [0.15, 0.2) is 10.2 Å². The second-order valence-electron chi connectivity index (χ2n) is 5.75. The molecule has 0 radical (unpaired) electrons. The zero-order valence-electron chi connectivity index (χ0n) is 12.3. The average Bonchev–Trinajstić information content (AvgIpc) is 2.87. The number of aromatic nitrogens is 1. The highest BCUT2D eigenvalue weighted by Gasteiger charge is 2.21. The van der Waals surface area contributed by atoms with E-state index in [9.17, 15) is 4.79 Å². The molecule has 0 spiro atoms. The third-order valence-corrected chi connectivity index (χ3v) is 3.61. The van der Waals surface area contributed by atoms with E-state index in [2.05, 4.69) is 15.6 Å². The Hall–Kier alpha value is -1.34. The molecule has 1 aliphatic rings. The lowest BCUT2D eigenvalue weighted by Gasteiger charge is -2.18. The summed E-state index contributed by atoms with van der Waals surface area (Å²) >= 11 is 1.33. The van der Waals surface area contributed by atoms with Gasteiger partial charge in [-0.3, -0.25) is 5.32 Å². The summed E-state index contributed by atoms with van der Waals surface area (Å²) < 4.78 is 11.1. The lowest BCUT2D eigenvalue weighted by atomic mass is 10.2. The highest BCUT2D eigenvalue weighted by molar-refractivity contribution is 7.17. The molecular weight excluding hydrogens is 278 g/mol. The Morgan fingerprint density at radius 2 is 2.25 bits per heavy atom. The van der Waals surface area contributed by atoms with Crippen molar-refractivity contribution in [1.82, 2.24) is 10.3 Å². The SMILES string of the molecule is Cc1nc(NC(=O)OC(C)(C)C)sc1OC1CCNC1. The molecule has 0 aliphatic carbocycles. The quantitative estimate of drug-likeness (QED) is 0.897. The first-order chi connectivity index (χ1) is 9.33. The van der Waals surface area contributed by atoms with E-state index in [-0.39, 0.29) is 6.10 Å². The van der Waals surface area contributed by atoms with E-state index in [1.54, 1.807) is 0 Å². The van der Waals surface area contributed by atoms with Crippen molar-refractivity contribution >= 4 is 22.6 Å². The molecule has 2 rings (SSSR count). The van der Waals surface area contributed by atoms with Gasteiger partial charge in [-0.25, -0.2) is 9.78 Å². The van der Waals surface area contributed by atoms with Gasteiger partial charge < -0.3 is 14.8 Å². The first-order valence-corrected chi connectivity index (χ1v) is 7.50. The van der Waals surface area contributed by atoms with Crippen LogP contribution in [0.1, 0.15) is 32.9 Å². The Morgan fingerprint density at radius 1 is 1.50 bits per heavy atom. The van der Waals surface area contributed by atoms with Gasteiger partial charge in [-0.15, -0.1) is 0 Å². The minimum Gasteiger partial charge on any atom is -0.478 e. The van der Waals surface area contributed by atoms with Crippen molar-refractivity contribution in [3.8, 4) is 5.06 Å². The molecule has 1 aromatic heterocycles. The summed E-state index contributed by atoms with van der Waals surface area (Å²) in [5.74, 6) is 0. The fourth-order valence-corrected chi connectivity index (χ4v) is 2.69. The van der Waals surface area contributed by atoms with Crippen LogP contribution < -0.4 is 15.4 Å². The number of carbonyl (C=O) groups is 1. The highest BCUT2D eigenvalue weighted by atomic mass is 32.1. The molecule has 6 nitrogen and oxygen atoms in total. The van der Waals surface area contributed by atoms with Crippen molar-refractivity contribution in [2.45, 2.75) is 45.8 Å². The van der Waals surface area contributed by atoms with Crippen molar-refractivity contribution in [1.29, 1.82) is 0 Å². The molecule has 0 bridgehead atoms. The summed E-state index contributed by atoms with van der Waals surface area (Å²) in [5.41, 5.74) is 0.263. The molecule has 1 amide bonds. The molecule has 2 heterocycles. The molecule has 1 unspecified atom stereocenters. The van der Waals surface area contributed by atoms with E-state index in [1.807, 2.05) is 27.7 Å². The second kappa shape index (κ2) is 5.97. The molecule has 1 saturated heterocycles. The van der Waals surface area contributed by atoms with Crippen LogP contribution in [0, 0.1) is 6.92 Å². The van der Waals surface area contributed by atoms with Gasteiger partial charge in [0, 0.05) is 6.54 Å². The third kappa shape index (κ3) is 4.35. The number of rotatable bonds is 3. The summed E-state index contributed by atoms with van der Waals surface area (Å²) in [6.45, 7) is 9.16. The number of nitrogens with zero attached hydrogens (tertiary/aromatic N) is 1. The van der Waals surface area contributed by atoms with E-state index < -0.39 is 11.7 Å². The van der Waals surface area contributed by atoms with Crippen LogP contribution in [0.25, 0.3) is 0 Å². The number of amides is 1. The van der Waals surface area contributed by atoms with Crippen LogP contribution in [0.4, 0.5) is 9.93 Å². The zero-order valence-corrected chi connectivity index (χ0v) is 13.1. The molecule has 1 atom stereocenters. The predicted octanol–water partition coefficient (Wildman–Crippen LogP) is 2.54. The van der Waals surface area contributed by atoms with Crippen LogP contribution in [-0.2, 0) is 4.74 Å². The Kier molecular flexibility index (Phi) is 4.49. The summed E-state index contributed by atoms with van der Waals surface area (Å²) in [7, 11) is 0. The molecule has 112 valence electrons. The lowest BCUT2D eigenvalue weighted by molar-refractivity contribution is 0.0636. The van der Waals surface area contributed by atoms with Gasteiger partial charge in [0.1, 0.15) is 11.7 Å². The smallest absolute Gasteiger partial charge is 0.413 e. The summed E-state index contributed by atoms with van der Waals surface area (Å²) in [5, 5.41) is 7.13. The van der Waals surface area contributed by atoms with Crippen LogP contribution in [0.5, 0.6) is 5.06 Å². The number of aryl methyl sites for hydroxylation is 1. The summed E-state index contributed by atoms with van der Waals surface area (Å²) in [6, 6.07) is 0. The number of anilines is 1. The number of thiazole rings is 1. The third-order valence-electron chi connectivity index (χ3n) is 2.65. The molecule has 0 saturated carbocycles. The van der Waals surface area contributed by atoms with Gasteiger partial charge in [0.25, 0.3) is 0 Å². The maximum atomic E-state index is 11.7. The molecule has 1 aromatic rings. The van der Waals surface area contributed by atoms with Crippen LogP contribution in [0.15, 0.2) is 0 Å². The maximum absolute atomic E-state index is 11.7. The number of carbonyl (C=O) groups excluding carboxylic acids is 1. The number of hydrogen-bond donors (Lipinski definition) is 2. The zero-order chi connectivity index (χ0) is 14.8. The summed E-state index contributed by atoms with van der Waals surface area (Å²) in [4.78, 5) is 16.0. The second-order valence-corrected chi connectivity index (χ2v) is 6.71. The van der Waals surface area contributed by atoms with E-state index >= 15 is 0 Å². The number of ether oxygens (including phenoxy) is 2. The van der Waals surface area contributed by atoms with E-state index in [0.717, 1.165) is 30.3 Å². The Labute approximate surface area is 122 Å². The van der Waals surface area contributed by atoms with Gasteiger partial charge in [-0.1, -0.05) is 11.3 Å². The van der Waals surface area contributed by atoms with E-state index in [4.69, 9.17) is 9.47 Å². The highest BCUT2D eigenvalue weighted by Crippen LogP contribution is 2.32. The Bertz CT molecular complexity index is 476. The normalized spacial score (nSPS) is 18.9. The first-order valence-electron chi connectivity index (χ1n) is 6.68. The minimum atomic E-state index is -0.523. The van der Waals surface area contributed by atoms with Crippen LogP contribution in [0.2, 0.25) is 0 Å². The fraction of sp³-hybridized carbons (Fsp3) is 0.692. The van der Waals surface area contributed by atoms with Crippen molar-refractivity contribution in [3.63, 3.8) is 0 Å². The summed E-state index contributed by atoms with van der Waals surface area (Å²) in [6.07, 6.45) is 0.676. The van der Waals surface area contributed by atoms with E-state index in [1.165, 1.54) is 11.3 Å². The molecule has 1 fully saturated rings. The molecule has 7 heteroatoms. The van der Waals surface area contributed by atoms with Crippen LogP contribution in [0.3, 0.4) is 0 Å². The predicted molar refractivity (Wildman–Crippen MR) is 78.6 cm³/mol.